The fourth-order valence-electron chi connectivity index (χ4n) is 2.84. The summed E-state index contributed by atoms with van der Waals surface area (Å²) in [4.78, 5) is 33.4. The Balaban J connectivity index is 1.94. The van der Waals surface area contributed by atoms with E-state index in [1.54, 1.807) is 18.2 Å². The molecule has 1 saturated heterocycles. The topological polar surface area (TPSA) is 75.3 Å². The lowest BCUT2D eigenvalue weighted by Crippen LogP contribution is -2.30. The molecular weight excluding hydrogens is 282 g/mol. The zero-order valence-electron chi connectivity index (χ0n) is 12.6. The van der Waals surface area contributed by atoms with Crippen molar-refractivity contribution < 1.29 is 9.53 Å². The monoisotopic (exact) mass is 301 g/mol. The number of hydrogen-bond acceptors (Lipinski definition) is 5. The molecule has 1 fully saturated rings. The number of aromatic amines is 1. The van der Waals surface area contributed by atoms with Crippen LogP contribution in [0.3, 0.4) is 0 Å². The Kier molecular flexibility index (Phi) is 4.20. The lowest BCUT2D eigenvalue weighted by atomic mass is 10.1. The molecule has 6 nitrogen and oxygen atoms in total. The van der Waals surface area contributed by atoms with E-state index >= 15 is 0 Å². The van der Waals surface area contributed by atoms with E-state index in [2.05, 4.69) is 14.9 Å². The Hall–Kier alpha value is -2.21. The number of carbonyl (C=O) groups is 1. The molecule has 0 spiro atoms. The summed E-state index contributed by atoms with van der Waals surface area (Å²) >= 11 is 0. The SMILES string of the molecule is COC(=O)c1ccc2c(=O)[nH]c(CN3CCCCC3)nc2c1. The van der Waals surface area contributed by atoms with Crippen LogP contribution in [-0.2, 0) is 11.3 Å². The highest BCUT2D eigenvalue weighted by atomic mass is 16.5. The number of H-pyrrole nitrogens is 1. The third-order valence-electron chi connectivity index (χ3n) is 4.00. The number of carbonyl (C=O) groups excluding carboxylic acids is 1. The van der Waals surface area contributed by atoms with Gasteiger partial charge in [0.25, 0.3) is 5.56 Å². The Labute approximate surface area is 128 Å². The van der Waals surface area contributed by atoms with Gasteiger partial charge >= 0.3 is 5.97 Å². The first kappa shape index (κ1) is 14.7. The molecule has 1 aromatic carbocycles. The summed E-state index contributed by atoms with van der Waals surface area (Å²) in [6.07, 6.45) is 3.63. The maximum absolute atomic E-state index is 12.2. The largest absolute Gasteiger partial charge is 0.465 e. The number of likely N-dealkylation sites (tertiary alicyclic amines) is 1. The van der Waals surface area contributed by atoms with Crippen LogP contribution in [0, 0.1) is 0 Å². The zero-order valence-corrected chi connectivity index (χ0v) is 12.6. The molecule has 0 atom stereocenters. The Morgan fingerprint density at radius 3 is 2.82 bits per heavy atom. The Bertz CT molecular complexity index is 748. The maximum atomic E-state index is 12.2. The van der Waals surface area contributed by atoms with E-state index < -0.39 is 5.97 Å². The Morgan fingerprint density at radius 1 is 1.32 bits per heavy atom. The van der Waals surface area contributed by atoms with Gasteiger partial charge in [0.1, 0.15) is 5.82 Å². The summed E-state index contributed by atoms with van der Waals surface area (Å²) < 4.78 is 4.71. The van der Waals surface area contributed by atoms with Crippen LogP contribution in [0.15, 0.2) is 23.0 Å². The van der Waals surface area contributed by atoms with E-state index in [4.69, 9.17) is 4.74 Å². The van der Waals surface area contributed by atoms with Gasteiger partial charge in [0, 0.05) is 0 Å². The van der Waals surface area contributed by atoms with Gasteiger partial charge in [0.15, 0.2) is 0 Å². The van der Waals surface area contributed by atoms with Crippen LogP contribution in [-0.4, -0.2) is 41.0 Å². The number of nitrogens with zero attached hydrogens (tertiary/aromatic N) is 2. The van der Waals surface area contributed by atoms with E-state index in [0.717, 1.165) is 13.1 Å². The van der Waals surface area contributed by atoms with Crippen molar-refractivity contribution in [1.82, 2.24) is 14.9 Å². The number of esters is 1. The van der Waals surface area contributed by atoms with Gasteiger partial charge in [-0.2, -0.15) is 0 Å². The average molecular weight is 301 g/mol. The highest BCUT2D eigenvalue weighted by Gasteiger charge is 2.14. The average Bonchev–Trinajstić information content (AvgIpc) is 2.54. The van der Waals surface area contributed by atoms with E-state index in [1.807, 2.05) is 0 Å². The molecule has 1 aliphatic heterocycles. The van der Waals surface area contributed by atoms with Crippen molar-refractivity contribution in [2.75, 3.05) is 20.2 Å². The molecule has 116 valence electrons. The summed E-state index contributed by atoms with van der Waals surface area (Å²) in [5.74, 6) is 0.211. The van der Waals surface area contributed by atoms with Crippen molar-refractivity contribution in [3.8, 4) is 0 Å². The molecule has 0 aliphatic carbocycles. The molecule has 0 saturated carbocycles. The molecule has 3 rings (SSSR count). The van der Waals surface area contributed by atoms with E-state index in [1.165, 1.54) is 26.4 Å². The molecule has 0 amide bonds. The number of hydrogen-bond donors (Lipinski definition) is 1. The summed E-state index contributed by atoms with van der Waals surface area (Å²) in [6, 6.07) is 4.80. The van der Waals surface area contributed by atoms with Crippen LogP contribution in [0.5, 0.6) is 0 Å². The molecule has 2 heterocycles. The van der Waals surface area contributed by atoms with Crippen LogP contribution in [0.4, 0.5) is 0 Å². The van der Waals surface area contributed by atoms with Gasteiger partial charge in [0.2, 0.25) is 0 Å². The summed E-state index contributed by atoms with van der Waals surface area (Å²) in [6.45, 7) is 2.70. The van der Waals surface area contributed by atoms with Crippen LogP contribution in [0.2, 0.25) is 0 Å². The molecule has 1 N–H and O–H groups in total. The fourth-order valence-corrected chi connectivity index (χ4v) is 2.84. The first-order valence-corrected chi connectivity index (χ1v) is 7.51. The second-order valence-corrected chi connectivity index (χ2v) is 5.57. The quantitative estimate of drug-likeness (QED) is 0.873. The normalized spacial score (nSPS) is 15.9. The molecule has 2 aromatic rings. The van der Waals surface area contributed by atoms with Gasteiger partial charge < -0.3 is 9.72 Å². The number of rotatable bonds is 3. The van der Waals surface area contributed by atoms with Gasteiger partial charge in [0.05, 0.1) is 30.1 Å². The maximum Gasteiger partial charge on any atom is 0.337 e. The standard InChI is InChI=1S/C16H19N3O3/c1-22-16(21)11-5-6-12-13(9-11)17-14(18-15(12)20)10-19-7-3-2-4-8-19/h5-6,9H,2-4,7-8,10H2,1H3,(H,17,18,20). The molecule has 0 bridgehead atoms. The van der Waals surface area contributed by atoms with Gasteiger partial charge in [-0.15, -0.1) is 0 Å². The van der Waals surface area contributed by atoms with Crippen molar-refractivity contribution in [2.45, 2.75) is 25.8 Å². The van der Waals surface area contributed by atoms with Crippen molar-refractivity contribution in [2.24, 2.45) is 0 Å². The first-order chi connectivity index (χ1) is 10.7. The highest BCUT2D eigenvalue weighted by molar-refractivity contribution is 5.93. The third-order valence-corrected chi connectivity index (χ3v) is 4.00. The number of ether oxygens (including phenoxy) is 1. The minimum absolute atomic E-state index is 0.173. The molecule has 0 unspecified atom stereocenters. The molecule has 6 heteroatoms. The first-order valence-electron chi connectivity index (χ1n) is 7.51. The lowest BCUT2D eigenvalue weighted by molar-refractivity contribution is 0.0601. The van der Waals surface area contributed by atoms with Crippen LogP contribution < -0.4 is 5.56 Å². The predicted molar refractivity (Wildman–Crippen MR) is 82.8 cm³/mol. The molecule has 1 aliphatic rings. The lowest BCUT2D eigenvalue weighted by Gasteiger charge is -2.25. The minimum atomic E-state index is -0.429. The van der Waals surface area contributed by atoms with Crippen molar-refractivity contribution in [3.63, 3.8) is 0 Å². The van der Waals surface area contributed by atoms with Crippen molar-refractivity contribution >= 4 is 16.9 Å². The van der Waals surface area contributed by atoms with Crippen LogP contribution in [0.25, 0.3) is 10.9 Å². The molecule has 0 radical (unpaired) electrons. The summed E-state index contributed by atoms with van der Waals surface area (Å²) in [7, 11) is 1.33. The number of piperidine rings is 1. The number of aromatic nitrogens is 2. The third kappa shape index (κ3) is 3.01. The molecular formula is C16H19N3O3. The summed E-state index contributed by atoms with van der Waals surface area (Å²) in [5.41, 5.74) is 0.754. The van der Waals surface area contributed by atoms with Crippen molar-refractivity contribution in [3.05, 3.63) is 39.9 Å². The predicted octanol–water partition coefficient (Wildman–Crippen LogP) is 1.70. The van der Waals surface area contributed by atoms with E-state index in [-0.39, 0.29) is 5.56 Å². The van der Waals surface area contributed by atoms with Gasteiger partial charge in [-0.05, 0) is 44.1 Å². The van der Waals surface area contributed by atoms with Gasteiger partial charge in [-0.3, -0.25) is 9.69 Å². The van der Waals surface area contributed by atoms with Gasteiger partial charge in [-0.25, -0.2) is 9.78 Å². The fraction of sp³-hybridized carbons (Fsp3) is 0.438. The molecule has 22 heavy (non-hydrogen) atoms. The Morgan fingerprint density at radius 2 is 2.09 bits per heavy atom. The number of fused-ring (bicyclic) bond motifs is 1. The van der Waals surface area contributed by atoms with Crippen molar-refractivity contribution in [1.29, 1.82) is 0 Å². The highest BCUT2D eigenvalue weighted by Crippen LogP contribution is 2.14. The summed E-state index contributed by atoms with van der Waals surface area (Å²) in [5, 5.41) is 0.482. The number of benzene rings is 1. The van der Waals surface area contributed by atoms with Crippen LogP contribution >= 0.6 is 0 Å². The molecule has 1 aromatic heterocycles. The minimum Gasteiger partial charge on any atom is -0.465 e. The van der Waals surface area contributed by atoms with E-state index in [0.29, 0.717) is 28.8 Å². The smallest absolute Gasteiger partial charge is 0.337 e. The second-order valence-electron chi connectivity index (χ2n) is 5.57. The number of nitrogens with one attached hydrogen (secondary N) is 1. The van der Waals surface area contributed by atoms with Crippen LogP contribution in [0.1, 0.15) is 35.4 Å². The van der Waals surface area contributed by atoms with E-state index in [9.17, 15) is 9.59 Å². The number of methoxy groups -OCH3 is 1. The van der Waals surface area contributed by atoms with Gasteiger partial charge in [-0.1, -0.05) is 6.42 Å². The second kappa shape index (κ2) is 6.27. The zero-order chi connectivity index (χ0) is 15.5.